The van der Waals surface area contributed by atoms with Gasteiger partial charge in [-0.15, -0.1) is 0 Å². The zero-order valence-electron chi connectivity index (χ0n) is 14.5. The molecule has 0 saturated heterocycles. The Labute approximate surface area is 151 Å². The highest BCUT2D eigenvalue weighted by atomic mass is 32.2. The standard InChI is InChI=1S/C18H20F2N2O3S/c1-3-13-4-7-15(8-5-13)22(26(2,24)25)11-10-18(23)21-17-9-6-14(19)12-16(17)20/h4-9,12H,3,10-11H2,1-2H3,(H,21,23). The van der Waals surface area contributed by atoms with Crippen molar-refractivity contribution in [1.29, 1.82) is 0 Å². The van der Waals surface area contributed by atoms with E-state index in [2.05, 4.69) is 5.32 Å². The molecular formula is C18H20F2N2O3S. The third-order valence-corrected chi connectivity index (χ3v) is 4.97. The Kier molecular flexibility index (Phi) is 6.31. The highest BCUT2D eigenvalue weighted by Gasteiger charge is 2.19. The van der Waals surface area contributed by atoms with Crippen molar-refractivity contribution in [3.63, 3.8) is 0 Å². The zero-order chi connectivity index (χ0) is 19.3. The molecule has 0 aliphatic heterocycles. The number of carbonyl (C=O) groups excluding carboxylic acids is 1. The Morgan fingerprint density at radius 3 is 2.31 bits per heavy atom. The fraction of sp³-hybridized carbons (Fsp3) is 0.278. The molecule has 8 heteroatoms. The second-order valence-electron chi connectivity index (χ2n) is 5.78. The van der Waals surface area contributed by atoms with Gasteiger partial charge in [-0.25, -0.2) is 17.2 Å². The number of rotatable bonds is 7. The highest BCUT2D eigenvalue weighted by molar-refractivity contribution is 7.92. The minimum absolute atomic E-state index is 0.0983. The maximum absolute atomic E-state index is 13.6. The van der Waals surface area contributed by atoms with Crippen molar-refractivity contribution in [1.82, 2.24) is 0 Å². The van der Waals surface area contributed by atoms with E-state index in [1.54, 1.807) is 12.1 Å². The first kappa shape index (κ1) is 19.8. The lowest BCUT2D eigenvalue weighted by Crippen LogP contribution is -2.33. The van der Waals surface area contributed by atoms with Gasteiger partial charge in [-0.05, 0) is 36.2 Å². The lowest BCUT2D eigenvalue weighted by molar-refractivity contribution is -0.116. The van der Waals surface area contributed by atoms with E-state index in [9.17, 15) is 22.0 Å². The topological polar surface area (TPSA) is 66.5 Å². The highest BCUT2D eigenvalue weighted by Crippen LogP contribution is 2.20. The molecule has 0 aliphatic rings. The van der Waals surface area contributed by atoms with Gasteiger partial charge in [0.25, 0.3) is 0 Å². The van der Waals surface area contributed by atoms with Gasteiger partial charge in [-0.2, -0.15) is 0 Å². The van der Waals surface area contributed by atoms with E-state index in [1.165, 1.54) is 0 Å². The lowest BCUT2D eigenvalue weighted by atomic mass is 10.1. The second kappa shape index (κ2) is 8.27. The largest absolute Gasteiger partial charge is 0.324 e. The van der Waals surface area contributed by atoms with Gasteiger partial charge in [0.2, 0.25) is 15.9 Å². The number of aryl methyl sites for hydroxylation is 1. The summed E-state index contributed by atoms with van der Waals surface area (Å²) in [6.07, 6.45) is 1.70. The molecule has 26 heavy (non-hydrogen) atoms. The van der Waals surface area contributed by atoms with Gasteiger partial charge >= 0.3 is 0 Å². The first-order chi connectivity index (χ1) is 12.2. The Morgan fingerprint density at radius 1 is 1.12 bits per heavy atom. The van der Waals surface area contributed by atoms with Crippen LogP contribution in [0.4, 0.5) is 20.2 Å². The summed E-state index contributed by atoms with van der Waals surface area (Å²) >= 11 is 0. The van der Waals surface area contributed by atoms with E-state index in [0.29, 0.717) is 11.8 Å². The molecule has 1 N–H and O–H groups in total. The molecular weight excluding hydrogens is 362 g/mol. The zero-order valence-corrected chi connectivity index (χ0v) is 15.3. The monoisotopic (exact) mass is 382 g/mol. The Balaban J connectivity index is 2.08. The maximum Gasteiger partial charge on any atom is 0.232 e. The van der Waals surface area contributed by atoms with Crippen molar-refractivity contribution in [2.75, 3.05) is 22.4 Å². The molecule has 0 bridgehead atoms. The molecule has 0 atom stereocenters. The molecule has 0 saturated carbocycles. The number of nitrogens with zero attached hydrogens (tertiary/aromatic N) is 1. The van der Waals surface area contributed by atoms with Crippen molar-refractivity contribution in [3.05, 3.63) is 59.7 Å². The number of sulfonamides is 1. The quantitative estimate of drug-likeness (QED) is 0.799. The summed E-state index contributed by atoms with van der Waals surface area (Å²) in [5.74, 6) is -2.22. The molecule has 1 amide bonds. The van der Waals surface area contributed by atoms with Crippen LogP contribution in [0.2, 0.25) is 0 Å². The molecule has 5 nitrogen and oxygen atoms in total. The summed E-state index contributed by atoms with van der Waals surface area (Å²) in [6, 6.07) is 9.79. The predicted molar refractivity (Wildman–Crippen MR) is 97.6 cm³/mol. The number of nitrogens with one attached hydrogen (secondary N) is 1. The molecule has 0 aromatic heterocycles. The molecule has 2 aromatic carbocycles. The number of carbonyl (C=O) groups is 1. The number of hydrogen-bond donors (Lipinski definition) is 1. The van der Waals surface area contributed by atoms with Crippen LogP contribution in [0.15, 0.2) is 42.5 Å². The summed E-state index contributed by atoms with van der Waals surface area (Å²) in [7, 11) is -3.59. The molecule has 0 fully saturated rings. The third-order valence-electron chi connectivity index (χ3n) is 3.78. The molecule has 0 aliphatic carbocycles. The summed E-state index contributed by atoms with van der Waals surface area (Å²) in [5.41, 5.74) is 1.35. The van der Waals surface area contributed by atoms with Crippen molar-refractivity contribution < 1.29 is 22.0 Å². The van der Waals surface area contributed by atoms with Gasteiger partial charge in [0.15, 0.2) is 0 Å². The summed E-state index contributed by atoms with van der Waals surface area (Å²) in [6.45, 7) is 1.89. The molecule has 2 rings (SSSR count). The molecule has 0 radical (unpaired) electrons. The molecule has 140 valence electrons. The smallest absolute Gasteiger partial charge is 0.232 e. The van der Waals surface area contributed by atoms with Gasteiger partial charge in [0.1, 0.15) is 11.6 Å². The van der Waals surface area contributed by atoms with Crippen LogP contribution in [-0.2, 0) is 21.2 Å². The lowest BCUT2D eigenvalue weighted by Gasteiger charge is -2.22. The molecule has 2 aromatic rings. The average Bonchev–Trinajstić information content (AvgIpc) is 2.57. The van der Waals surface area contributed by atoms with Crippen LogP contribution in [0, 0.1) is 11.6 Å². The predicted octanol–water partition coefficient (Wildman–Crippen LogP) is 3.32. The van der Waals surface area contributed by atoms with Crippen LogP contribution < -0.4 is 9.62 Å². The van der Waals surface area contributed by atoms with Gasteiger partial charge < -0.3 is 5.32 Å². The van der Waals surface area contributed by atoms with E-state index in [4.69, 9.17) is 0 Å². The number of benzene rings is 2. The van der Waals surface area contributed by atoms with Crippen LogP contribution in [-0.4, -0.2) is 27.1 Å². The Morgan fingerprint density at radius 2 is 1.77 bits per heavy atom. The second-order valence-corrected chi connectivity index (χ2v) is 7.68. The fourth-order valence-electron chi connectivity index (χ4n) is 2.39. The number of halogens is 2. The summed E-state index contributed by atoms with van der Waals surface area (Å²) in [5, 5.41) is 2.31. The third kappa shape index (κ3) is 5.26. The van der Waals surface area contributed by atoms with E-state index in [1.807, 2.05) is 19.1 Å². The Hall–Kier alpha value is -2.48. The van der Waals surface area contributed by atoms with Crippen molar-refractivity contribution >= 4 is 27.3 Å². The summed E-state index contributed by atoms with van der Waals surface area (Å²) in [4.78, 5) is 12.0. The van der Waals surface area contributed by atoms with Gasteiger partial charge in [0.05, 0.1) is 17.6 Å². The fourth-order valence-corrected chi connectivity index (χ4v) is 3.32. The summed E-state index contributed by atoms with van der Waals surface area (Å²) < 4.78 is 51.7. The van der Waals surface area contributed by atoms with E-state index >= 15 is 0 Å². The minimum Gasteiger partial charge on any atom is -0.324 e. The van der Waals surface area contributed by atoms with E-state index in [-0.39, 0.29) is 18.7 Å². The Bertz CT molecular complexity index is 884. The van der Waals surface area contributed by atoms with Crippen LogP contribution in [0.5, 0.6) is 0 Å². The van der Waals surface area contributed by atoms with Gasteiger partial charge in [-0.1, -0.05) is 19.1 Å². The van der Waals surface area contributed by atoms with Crippen molar-refractivity contribution in [2.24, 2.45) is 0 Å². The van der Waals surface area contributed by atoms with Crippen LogP contribution in [0.1, 0.15) is 18.9 Å². The molecule has 0 unspecified atom stereocenters. The molecule has 0 heterocycles. The SMILES string of the molecule is CCc1ccc(N(CCC(=O)Nc2ccc(F)cc2F)S(C)(=O)=O)cc1. The minimum atomic E-state index is -3.59. The molecule has 0 spiro atoms. The number of anilines is 2. The van der Waals surface area contributed by atoms with Crippen LogP contribution in [0.25, 0.3) is 0 Å². The number of amides is 1. The first-order valence-corrected chi connectivity index (χ1v) is 9.87. The van der Waals surface area contributed by atoms with E-state index < -0.39 is 27.6 Å². The van der Waals surface area contributed by atoms with Gasteiger partial charge in [-0.3, -0.25) is 9.10 Å². The van der Waals surface area contributed by atoms with E-state index in [0.717, 1.165) is 34.7 Å². The average molecular weight is 382 g/mol. The first-order valence-electron chi connectivity index (χ1n) is 8.02. The van der Waals surface area contributed by atoms with Crippen molar-refractivity contribution in [3.8, 4) is 0 Å². The maximum atomic E-state index is 13.6. The van der Waals surface area contributed by atoms with Crippen LogP contribution >= 0.6 is 0 Å². The van der Waals surface area contributed by atoms with Gasteiger partial charge in [0, 0.05) is 19.0 Å². The van der Waals surface area contributed by atoms with Crippen molar-refractivity contribution in [2.45, 2.75) is 19.8 Å². The van der Waals surface area contributed by atoms with Crippen LogP contribution in [0.3, 0.4) is 0 Å². The number of hydrogen-bond acceptors (Lipinski definition) is 3. The normalized spacial score (nSPS) is 11.2.